The first-order valence-electron chi connectivity index (χ1n) is 10.5. The van der Waals surface area contributed by atoms with Gasteiger partial charge < -0.3 is 14.1 Å². The summed E-state index contributed by atoms with van der Waals surface area (Å²) in [6, 6.07) is 17.8. The van der Waals surface area contributed by atoms with Gasteiger partial charge in [0.1, 0.15) is 5.76 Å². The molecule has 0 unspecified atom stereocenters. The molecule has 4 rings (SSSR count). The van der Waals surface area contributed by atoms with Gasteiger partial charge >= 0.3 is 5.97 Å². The van der Waals surface area contributed by atoms with Crippen molar-refractivity contribution >= 4 is 34.5 Å². The van der Waals surface area contributed by atoms with Gasteiger partial charge in [-0.3, -0.25) is 14.2 Å². The van der Waals surface area contributed by atoms with Crippen molar-refractivity contribution in [2.24, 2.45) is 0 Å². The third-order valence-corrected chi connectivity index (χ3v) is 6.21. The Morgan fingerprint density at radius 2 is 1.91 bits per heavy atom. The summed E-state index contributed by atoms with van der Waals surface area (Å²) in [5.74, 6) is 0.0612. The molecule has 0 saturated carbocycles. The molecule has 174 valence electrons. The van der Waals surface area contributed by atoms with Crippen molar-refractivity contribution in [2.75, 3.05) is 19.9 Å². The molecule has 0 fully saturated rings. The maximum absolute atomic E-state index is 13.3. The molecule has 2 heterocycles. The molecule has 0 N–H and O–H groups in total. The molecule has 0 aliphatic heterocycles. The zero-order valence-corrected chi connectivity index (χ0v) is 19.6. The summed E-state index contributed by atoms with van der Waals surface area (Å²) >= 11 is 1.17. The Hall–Kier alpha value is -3.85. The van der Waals surface area contributed by atoms with Crippen LogP contribution >= 0.6 is 11.8 Å². The molecule has 1 amide bonds. The number of aromatic nitrogens is 2. The number of benzene rings is 2. The van der Waals surface area contributed by atoms with Gasteiger partial charge in [0.25, 0.3) is 5.56 Å². The summed E-state index contributed by atoms with van der Waals surface area (Å²) in [5, 5.41) is 0.716. The number of carbonyl (C=O) groups is 2. The topological polar surface area (TPSA) is 94.6 Å². The van der Waals surface area contributed by atoms with E-state index >= 15 is 0 Å². The van der Waals surface area contributed by atoms with Crippen LogP contribution in [0.1, 0.15) is 21.7 Å². The van der Waals surface area contributed by atoms with Crippen molar-refractivity contribution in [3.05, 3.63) is 94.2 Å². The summed E-state index contributed by atoms with van der Waals surface area (Å²) < 4.78 is 11.7. The second-order valence-corrected chi connectivity index (χ2v) is 8.56. The molecule has 0 radical (unpaired) electrons. The van der Waals surface area contributed by atoms with Gasteiger partial charge in [-0.05, 0) is 35.9 Å². The lowest BCUT2D eigenvalue weighted by atomic mass is 10.1. The van der Waals surface area contributed by atoms with Crippen LogP contribution in [0.2, 0.25) is 0 Å². The highest BCUT2D eigenvalue weighted by atomic mass is 32.2. The van der Waals surface area contributed by atoms with Gasteiger partial charge in [-0.15, -0.1) is 0 Å². The standard InChI is InChI=1S/C25H23N3O5S/c1-27(14-17-7-4-3-5-8-17)22(29)16-34-25-26-21-13-18(24(31)32-2)10-11-20(21)23(30)28(25)15-19-9-6-12-33-19/h3-13H,14-16H2,1-2H3. The Kier molecular flexibility index (Phi) is 7.12. The summed E-state index contributed by atoms with van der Waals surface area (Å²) in [5.41, 5.74) is 1.39. The van der Waals surface area contributed by atoms with Crippen LogP contribution < -0.4 is 5.56 Å². The van der Waals surface area contributed by atoms with E-state index in [9.17, 15) is 14.4 Å². The van der Waals surface area contributed by atoms with Crippen molar-refractivity contribution in [3.63, 3.8) is 0 Å². The van der Waals surface area contributed by atoms with Gasteiger partial charge in [-0.1, -0.05) is 42.1 Å². The SMILES string of the molecule is COC(=O)c1ccc2c(=O)n(Cc3ccco3)c(SCC(=O)N(C)Cc3ccccc3)nc2c1. The molecule has 34 heavy (non-hydrogen) atoms. The molecule has 4 aromatic rings. The number of carbonyl (C=O) groups excluding carboxylic acids is 2. The highest BCUT2D eigenvalue weighted by molar-refractivity contribution is 7.99. The lowest BCUT2D eigenvalue weighted by molar-refractivity contribution is -0.127. The van der Waals surface area contributed by atoms with Crippen LogP contribution in [0.25, 0.3) is 10.9 Å². The van der Waals surface area contributed by atoms with E-state index in [1.807, 2.05) is 30.3 Å². The number of methoxy groups -OCH3 is 1. The maximum Gasteiger partial charge on any atom is 0.337 e. The second kappa shape index (κ2) is 10.4. The average Bonchev–Trinajstić information content (AvgIpc) is 3.37. The van der Waals surface area contributed by atoms with Crippen LogP contribution in [0.3, 0.4) is 0 Å². The zero-order valence-electron chi connectivity index (χ0n) is 18.8. The number of furan rings is 1. The Morgan fingerprint density at radius 1 is 1.12 bits per heavy atom. The summed E-state index contributed by atoms with van der Waals surface area (Å²) in [4.78, 5) is 44.3. The van der Waals surface area contributed by atoms with Crippen LogP contribution in [-0.2, 0) is 22.6 Å². The molecule has 0 saturated heterocycles. The molecule has 0 aliphatic carbocycles. The lowest BCUT2D eigenvalue weighted by Crippen LogP contribution is -2.29. The normalized spacial score (nSPS) is 10.9. The van der Waals surface area contributed by atoms with Crippen molar-refractivity contribution in [2.45, 2.75) is 18.2 Å². The van der Waals surface area contributed by atoms with Crippen LogP contribution in [-0.4, -0.2) is 46.2 Å². The van der Waals surface area contributed by atoms with Crippen LogP contribution in [0.4, 0.5) is 0 Å². The van der Waals surface area contributed by atoms with Gasteiger partial charge in [0.15, 0.2) is 5.16 Å². The monoisotopic (exact) mass is 477 g/mol. The fourth-order valence-corrected chi connectivity index (χ4v) is 4.37. The molecule has 2 aromatic heterocycles. The molecule has 0 bridgehead atoms. The predicted molar refractivity (Wildman–Crippen MR) is 129 cm³/mol. The number of nitrogens with zero attached hydrogens (tertiary/aromatic N) is 3. The van der Waals surface area contributed by atoms with Crippen molar-refractivity contribution in [3.8, 4) is 0 Å². The van der Waals surface area contributed by atoms with Crippen molar-refractivity contribution in [1.82, 2.24) is 14.5 Å². The average molecular weight is 478 g/mol. The van der Waals surface area contributed by atoms with E-state index in [4.69, 9.17) is 9.15 Å². The van der Waals surface area contributed by atoms with E-state index in [0.29, 0.717) is 33.9 Å². The molecule has 0 atom stereocenters. The first-order valence-corrected chi connectivity index (χ1v) is 11.5. The third-order valence-electron chi connectivity index (χ3n) is 5.25. The van der Waals surface area contributed by atoms with Crippen molar-refractivity contribution < 1.29 is 18.7 Å². The fraction of sp³-hybridized carbons (Fsp3) is 0.200. The van der Waals surface area contributed by atoms with E-state index in [-0.39, 0.29) is 23.8 Å². The quantitative estimate of drug-likeness (QED) is 0.217. The minimum atomic E-state index is -0.518. The predicted octanol–water partition coefficient (Wildman–Crippen LogP) is 3.58. The maximum atomic E-state index is 13.3. The van der Waals surface area contributed by atoms with Crippen LogP contribution in [0, 0.1) is 0 Å². The number of hydrogen-bond acceptors (Lipinski definition) is 7. The molecule has 0 aliphatic rings. The minimum absolute atomic E-state index is 0.0934. The number of ether oxygens (including phenoxy) is 1. The molecule has 9 heteroatoms. The number of fused-ring (bicyclic) bond motifs is 1. The number of esters is 1. The fourth-order valence-electron chi connectivity index (χ4n) is 3.44. The van der Waals surface area contributed by atoms with Crippen molar-refractivity contribution in [1.29, 1.82) is 0 Å². The molecule has 0 spiro atoms. The largest absolute Gasteiger partial charge is 0.467 e. The molecular weight excluding hydrogens is 454 g/mol. The number of hydrogen-bond donors (Lipinski definition) is 0. The summed E-state index contributed by atoms with van der Waals surface area (Å²) in [6.07, 6.45) is 1.53. The highest BCUT2D eigenvalue weighted by Gasteiger charge is 2.18. The zero-order chi connectivity index (χ0) is 24.1. The van der Waals surface area contributed by atoms with E-state index in [2.05, 4.69) is 4.98 Å². The van der Waals surface area contributed by atoms with E-state index in [0.717, 1.165) is 5.56 Å². The Morgan fingerprint density at radius 3 is 2.62 bits per heavy atom. The second-order valence-electron chi connectivity index (χ2n) is 7.61. The first kappa shape index (κ1) is 23.3. The van der Waals surface area contributed by atoms with E-state index in [1.165, 1.54) is 41.8 Å². The Bertz CT molecular complexity index is 1370. The Labute approximate surface area is 200 Å². The van der Waals surface area contributed by atoms with Crippen LogP contribution in [0.5, 0.6) is 0 Å². The smallest absolute Gasteiger partial charge is 0.337 e. The number of amides is 1. The molecular formula is C25H23N3O5S. The van der Waals surface area contributed by atoms with Gasteiger partial charge in [0, 0.05) is 13.6 Å². The van der Waals surface area contributed by atoms with Gasteiger partial charge in [0.05, 0.1) is 42.1 Å². The first-order chi connectivity index (χ1) is 16.5. The van der Waals surface area contributed by atoms with Gasteiger partial charge in [0.2, 0.25) is 5.91 Å². The number of thioether (sulfide) groups is 1. The minimum Gasteiger partial charge on any atom is -0.467 e. The van der Waals surface area contributed by atoms with Gasteiger partial charge in [-0.25, -0.2) is 9.78 Å². The van der Waals surface area contributed by atoms with E-state index in [1.54, 1.807) is 30.1 Å². The third kappa shape index (κ3) is 5.20. The summed E-state index contributed by atoms with van der Waals surface area (Å²) in [7, 11) is 3.03. The van der Waals surface area contributed by atoms with Gasteiger partial charge in [-0.2, -0.15) is 0 Å². The van der Waals surface area contributed by atoms with E-state index < -0.39 is 5.97 Å². The summed E-state index contributed by atoms with van der Waals surface area (Å²) in [6.45, 7) is 0.650. The number of rotatable bonds is 8. The molecule has 2 aromatic carbocycles. The molecule has 8 nitrogen and oxygen atoms in total. The lowest BCUT2D eigenvalue weighted by Gasteiger charge is -2.18. The van der Waals surface area contributed by atoms with Crippen LogP contribution in [0.15, 0.2) is 81.3 Å². The Balaban J connectivity index is 1.63. The highest BCUT2D eigenvalue weighted by Crippen LogP contribution is 2.21.